The van der Waals surface area contributed by atoms with Crippen molar-refractivity contribution >= 4 is 23.5 Å². The molecule has 0 aliphatic rings. The van der Waals surface area contributed by atoms with Crippen LogP contribution in [-0.4, -0.2) is 31.4 Å². The molecule has 2 aromatic rings. The van der Waals surface area contributed by atoms with Gasteiger partial charge in [-0.3, -0.25) is 0 Å². The molecule has 0 fully saturated rings. The molecule has 0 spiro atoms. The topological polar surface area (TPSA) is 51.6 Å². The van der Waals surface area contributed by atoms with Crippen LogP contribution in [0.5, 0.6) is 0 Å². The molecule has 0 N–H and O–H groups in total. The van der Waals surface area contributed by atoms with Gasteiger partial charge in [0.25, 0.3) is 0 Å². The lowest BCUT2D eigenvalue weighted by molar-refractivity contribution is 0.969. The van der Waals surface area contributed by atoms with E-state index in [9.17, 15) is 0 Å². The molecule has 0 bridgehead atoms. The summed E-state index contributed by atoms with van der Waals surface area (Å²) >= 11 is 3.06. The van der Waals surface area contributed by atoms with Crippen LogP contribution >= 0.6 is 23.5 Å². The summed E-state index contributed by atoms with van der Waals surface area (Å²) in [5.74, 6) is 7.51. The van der Waals surface area contributed by atoms with Crippen molar-refractivity contribution in [2.75, 3.05) is 11.5 Å². The predicted molar refractivity (Wildman–Crippen MR) is 73.3 cm³/mol. The molecule has 2 heterocycles. The van der Waals surface area contributed by atoms with Crippen LogP contribution in [0.3, 0.4) is 0 Å². The van der Waals surface area contributed by atoms with Gasteiger partial charge in [-0.1, -0.05) is 35.4 Å². The van der Waals surface area contributed by atoms with Crippen molar-refractivity contribution in [3.05, 3.63) is 36.9 Å². The Labute approximate surface area is 114 Å². The third-order valence-corrected chi connectivity index (χ3v) is 3.27. The minimum Gasteiger partial charge on any atom is -0.231 e. The van der Waals surface area contributed by atoms with Crippen LogP contribution in [0.4, 0.5) is 0 Å². The molecule has 2 rings (SSSR count). The normalized spacial score (nSPS) is 9.56. The predicted octanol–water partition coefficient (Wildman–Crippen LogP) is 2.15. The van der Waals surface area contributed by atoms with Crippen LogP contribution < -0.4 is 0 Å². The Kier molecular flexibility index (Phi) is 5.50. The molecule has 2 aromatic heterocycles. The highest BCUT2D eigenvalue weighted by Crippen LogP contribution is 2.10. The first-order valence-corrected chi connectivity index (χ1v) is 7.17. The van der Waals surface area contributed by atoms with Crippen LogP contribution in [0.1, 0.15) is 0 Å². The van der Waals surface area contributed by atoms with Crippen LogP contribution in [0.25, 0.3) is 0 Å². The van der Waals surface area contributed by atoms with Crippen molar-refractivity contribution in [2.45, 2.75) is 10.3 Å². The maximum Gasteiger partial charge on any atom is 0.188 e. The molecule has 0 amide bonds. The zero-order chi connectivity index (χ0) is 12.5. The maximum absolute atomic E-state index is 4.10. The summed E-state index contributed by atoms with van der Waals surface area (Å²) in [6.07, 6.45) is 6.91. The number of thioether (sulfide) groups is 2. The summed E-state index contributed by atoms with van der Waals surface area (Å²) < 4.78 is 0. The van der Waals surface area contributed by atoms with Gasteiger partial charge in [0, 0.05) is 24.8 Å². The SMILES string of the molecule is C(#CCSc1ncccn1)CSc1ncccn1. The van der Waals surface area contributed by atoms with E-state index < -0.39 is 0 Å². The molecule has 18 heavy (non-hydrogen) atoms. The van der Waals surface area contributed by atoms with Gasteiger partial charge in [0.15, 0.2) is 10.3 Å². The van der Waals surface area contributed by atoms with E-state index in [0.717, 1.165) is 10.3 Å². The highest BCUT2D eigenvalue weighted by molar-refractivity contribution is 7.99. The Morgan fingerprint density at radius 1 is 0.722 bits per heavy atom. The first-order chi connectivity index (χ1) is 8.95. The Hall–Kier alpha value is -1.58. The average Bonchev–Trinajstić information content (AvgIpc) is 2.45. The van der Waals surface area contributed by atoms with E-state index in [1.807, 2.05) is 0 Å². The minimum absolute atomic E-state index is 0.695. The Balaban J connectivity index is 1.68. The fourth-order valence-electron chi connectivity index (χ4n) is 1.02. The molecule has 0 aromatic carbocycles. The number of hydrogen-bond acceptors (Lipinski definition) is 6. The van der Waals surface area contributed by atoms with Gasteiger partial charge >= 0.3 is 0 Å². The number of rotatable bonds is 4. The maximum atomic E-state index is 4.10. The summed E-state index contributed by atoms with van der Waals surface area (Å²) in [6, 6.07) is 3.60. The van der Waals surface area contributed by atoms with Crippen molar-refractivity contribution in [3.8, 4) is 11.8 Å². The smallest absolute Gasteiger partial charge is 0.188 e. The van der Waals surface area contributed by atoms with Crippen molar-refractivity contribution in [2.24, 2.45) is 0 Å². The summed E-state index contributed by atoms with van der Waals surface area (Å²) in [5, 5.41) is 1.51. The third kappa shape index (κ3) is 4.73. The third-order valence-electron chi connectivity index (χ3n) is 1.76. The number of nitrogens with zero attached hydrogens (tertiary/aromatic N) is 4. The Bertz CT molecular complexity index is 475. The van der Waals surface area contributed by atoms with Gasteiger partial charge in [-0.05, 0) is 12.1 Å². The average molecular weight is 274 g/mol. The van der Waals surface area contributed by atoms with E-state index in [4.69, 9.17) is 0 Å². The summed E-state index contributed by atoms with van der Waals surface area (Å²) in [5.41, 5.74) is 0. The van der Waals surface area contributed by atoms with E-state index in [2.05, 4.69) is 31.8 Å². The van der Waals surface area contributed by atoms with Gasteiger partial charge in [-0.2, -0.15) is 0 Å². The summed E-state index contributed by atoms with van der Waals surface area (Å²) in [7, 11) is 0. The lowest BCUT2D eigenvalue weighted by Crippen LogP contribution is -1.85. The van der Waals surface area contributed by atoms with Gasteiger partial charge in [-0.25, -0.2) is 19.9 Å². The first-order valence-electron chi connectivity index (χ1n) is 5.20. The van der Waals surface area contributed by atoms with E-state index >= 15 is 0 Å². The Morgan fingerprint density at radius 2 is 1.11 bits per heavy atom. The molecule has 0 atom stereocenters. The second-order valence-corrected chi connectivity index (χ2v) is 4.88. The van der Waals surface area contributed by atoms with Gasteiger partial charge in [0.1, 0.15) is 0 Å². The summed E-state index contributed by atoms with van der Waals surface area (Å²) in [6.45, 7) is 0. The first kappa shape index (κ1) is 12.9. The zero-order valence-electron chi connectivity index (χ0n) is 9.48. The molecule has 0 radical (unpaired) electrons. The molecule has 0 unspecified atom stereocenters. The standard InChI is InChI=1S/C12H10N4S2/c1(9-17-11-13-5-3-6-14-11)2-10-18-12-15-7-4-8-16-12/h3-8H,9-10H2. The van der Waals surface area contributed by atoms with Crippen molar-refractivity contribution in [1.29, 1.82) is 0 Å². The molecule has 0 saturated heterocycles. The molecule has 0 aliphatic carbocycles. The fraction of sp³-hybridized carbons (Fsp3) is 0.167. The molecule has 90 valence electrons. The van der Waals surface area contributed by atoms with E-state index in [1.54, 1.807) is 36.9 Å². The quantitative estimate of drug-likeness (QED) is 0.484. The number of hydrogen-bond donors (Lipinski definition) is 0. The van der Waals surface area contributed by atoms with Crippen molar-refractivity contribution in [1.82, 2.24) is 19.9 Å². The van der Waals surface area contributed by atoms with E-state index in [-0.39, 0.29) is 0 Å². The molecule has 0 saturated carbocycles. The highest BCUT2D eigenvalue weighted by Gasteiger charge is 1.93. The molecule has 0 aliphatic heterocycles. The van der Waals surface area contributed by atoms with Crippen molar-refractivity contribution in [3.63, 3.8) is 0 Å². The van der Waals surface area contributed by atoms with Crippen LogP contribution in [0.2, 0.25) is 0 Å². The van der Waals surface area contributed by atoms with Gasteiger partial charge in [0.05, 0.1) is 11.5 Å². The van der Waals surface area contributed by atoms with E-state index in [1.165, 1.54) is 23.5 Å². The lowest BCUT2D eigenvalue weighted by Gasteiger charge is -1.93. The second kappa shape index (κ2) is 7.69. The molecule has 6 heteroatoms. The van der Waals surface area contributed by atoms with Crippen LogP contribution in [-0.2, 0) is 0 Å². The van der Waals surface area contributed by atoms with Gasteiger partial charge in [-0.15, -0.1) is 0 Å². The van der Waals surface area contributed by atoms with Gasteiger partial charge in [0.2, 0.25) is 0 Å². The van der Waals surface area contributed by atoms with Crippen LogP contribution in [0.15, 0.2) is 47.2 Å². The minimum atomic E-state index is 0.695. The van der Waals surface area contributed by atoms with Crippen LogP contribution in [0, 0.1) is 11.8 Å². The summed E-state index contributed by atoms with van der Waals surface area (Å²) in [4.78, 5) is 16.4. The largest absolute Gasteiger partial charge is 0.231 e. The number of aromatic nitrogens is 4. The monoisotopic (exact) mass is 274 g/mol. The van der Waals surface area contributed by atoms with Crippen molar-refractivity contribution < 1.29 is 0 Å². The second-order valence-electron chi connectivity index (χ2n) is 2.99. The molecular formula is C12H10N4S2. The lowest BCUT2D eigenvalue weighted by atomic mass is 10.7. The van der Waals surface area contributed by atoms with E-state index in [0.29, 0.717) is 11.5 Å². The fourth-order valence-corrected chi connectivity index (χ4v) is 2.17. The molecular weight excluding hydrogens is 264 g/mol. The highest BCUT2D eigenvalue weighted by atomic mass is 32.2. The Morgan fingerprint density at radius 3 is 1.50 bits per heavy atom. The molecule has 4 nitrogen and oxygen atoms in total. The zero-order valence-corrected chi connectivity index (χ0v) is 11.1. The van der Waals surface area contributed by atoms with Gasteiger partial charge < -0.3 is 0 Å².